The first-order valence-corrected chi connectivity index (χ1v) is 11.2. The minimum Gasteiger partial charge on any atom is -0.379 e. The third-order valence-electron chi connectivity index (χ3n) is 4.72. The summed E-state index contributed by atoms with van der Waals surface area (Å²) in [7, 11) is -3.87. The Labute approximate surface area is 185 Å². The standard InChI is InChI=1S/C20H23N5O6S/c1-14(16-4-3-5-17(12-16)21-15(2)26)22-23-19-7-6-18(13-20(19)25(27)28)32(29,30)24-8-10-31-11-9-24/h3-7,12-13,23H,8-11H2,1-2H3,(H,21,26)/b22-14+. The maximum absolute atomic E-state index is 12.8. The van der Waals surface area contributed by atoms with Crippen LogP contribution in [0.4, 0.5) is 17.1 Å². The maximum atomic E-state index is 12.8. The number of nitro benzene ring substituents is 1. The van der Waals surface area contributed by atoms with E-state index in [4.69, 9.17) is 4.74 Å². The molecule has 0 saturated carbocycles. The third-order valence-corrected chi connectivity index (χ3v) is 6.61. The van der Waals surface area contributed by atoms with Crippen LogP contribution in [0, 0.1) is 10.1 Å². The van der Waals surface area contributed by atoms with Gasteiger partial charge in [-0.05, 0) is 36.8 Å². The van der Waals surface area contributed by atoms with Crippen molar-refractivity contribution in [1.29, 1.82) is 0 Å². The molecule has 3 rings (SSSR count). The Bertz CT molecular complexity index is 1160. The first-order chi connectivity index (χ1) is 15.2. The van der Waals surface area contributed by atoms with Crippen LogP contribution in [0.1, 0.15) is 19.4 Å². The quantitative estimate of drug-likeness (QED) is 0.366. The van der Waals surface area contributed by atoms with Crippen molar-refractivity contribution >= 4 is 38.7 Å². The molecule has 0 radical (unpaired) electrons. The average Bonchev–Trinajstić information content (AvgIpc) is 2.77. The van der Waals surface area contributed by atoms with Crippen molar-refractivity contribution in [3.63, 3.8) is 0 Å². The van der Waals surface area contributed by atoms with Crippen LogP contribution in [0.3, 0.4) is 0 Å². The van der Waals surface area contributed by atoms with Gasteiger partial charge in [0.1, 0.15) is 5.69 Å². The number of nitrogens with zero attached hydrogens (tertiary/aromatic N) is 3. The number of hydrazone groups is 1. The lowest BCUT2D eigenvalue weighted by Gasteiger charge is -2.26. The van der Waals surface area contributed by atoms with Gasteiger partial charge in [-0.15, -0.1) is 0 Å². The Morgan fingerprint density at radius 1 is 1.16 bits per heavy atom. The van der Waals surface area contributed by atoms with Gasteiger partial charge in [-0.3, -0.25) is 20.3 Å². The van der Waals surface area contributed by atoms with Gasteiger partial charge in [0.05, 0.1) is 28.7 Å². The van der Waals surface area contributed by atoms with Gasteiger partial charge < -0.3 is 10.1 Å². The number of anilines is 2. The fourth-order valence-corrected chi connectivity index (χ4v) is 4.52. The number of nitrogens with one attached hydrogen (secondary N) is 2. The van der Waals surface area contributed by atoms with E-state index in [0.29, 0.717) is 17.0 Å². The van der Waals surface area contributed by atoms with E-state index in [1.807, 2.05) is 0 Å². The highest BCUT2D eigenvalue weighted by molar-refractivity contribution is 7.89. The number of rotatable bonds is 7. The average molecular weight is 462 g/mol. The molecule has 0 aliphatic carbocycles. The summed E-state index contributed by atoms with van der Waals surface area (Å²) in [6.07, 6.45) is 0. The molecular weight excluding hydrogens is 438 g/mol. The highest BCUT2D eigenvalue weighted by Crippen LogP contribution is 2.29. The normalized spacial score (nSPS) is 15.2. The molecule has 2 aromatic rings. The van der Waals surface area contributed by atoms with E-state index in [0.717, 1.165) is 6.07 Å². The van der Waals surface area contributed by atoms with Crippen LogP contribution in [0.15, 0.2) is 52.5 Å². The first-order valence-electron chi connectivity index (χ1n) is 9.73. The van der Waals surface area contributed by atoms with E-state index >= 15 is 0 Å². The fourth-order valence-electron chi connectivity index (χ4n) is 3.09. The smallest absolute Gasteiger partial charge is 0.295 e. The summed E-state index contributed by atoms with van der Waals surface area (Å²) in [5.74, 6) is -0.211. The molecule has 1 aliphatic rings. The van der Waals surface area contributed by atoms with Crippen molar-refractivity contribution in [2.24, 2.45) is 5.10 Å². The van der Waals surface area contributed by atoms with Crippen LogP contribution in [0.5, 0.6) is 0 Å². The van der Waals surface area contributed by atoms with Crippen LogP contribution in [-0.4, -0.2) is 55.6 Å². The summed E-state index contributed by atoms with van der Waals surface area (Å²) in [5.41, 5.74) is 4.07. The maximum Gasteiger partial charge on any atom is 0.295 e. The number of sulfonamides is 1. The number of morpholine rings is 1. The van der Waals surface area contributed by atoms with Crippen LogP contribution < -0.4 is 10.7 Å². The van der Waals surface area contributed by atoms with Gasteiger partial charge in [0.25, 0.3) is 5.69 Å². The number of ether oxygens (including phenoxy) is 1. The van der Waals surface area contributed by atoms with Crippen LogP contribution in [-0.2, 0) is 19.6 Å². The lowest BCUT2D eigenvalue weighted by atomic mass is 10.1. The second-order valence-corrected chi connectivity index (χ2v) is 8.96. The van der Waals surface area contributed by atoms with E-state index in [-0.39, 0.29) is 42.8 Å². The van der Waals surface area contributed by atoms with E-state index in [9.17, 15) is 23.3 Å². The fraction of sp³-hybridized carbons (Fsp3) is 0.300. The van der Waals surface area contributed by atoms with Crippen molar-refractivity contribution in [3.8, 4) is 0 Å². The Kier molecular flexibility index (Phi) is 7.18. The second-order valence-electron chi connectivity index (χ2n) is 7.02. The topological polar surface area (TPSA) is 143 Å². The van der Waals surface area contributed by atoms with Gasteiger partial charge in [-0.2, -0.15) is 9.41 Å². The summed E-state index contributed by atoms with van der Waals surface area (Å²) >= 11 is 0. The van der Waals surface area contributed by atoms with Crippen LogP contribution in [0.2, 0.25) is 0 Å². The van der Waals surface area contributed by atoms with Gasteiger partial charge >= 0.3 is 0 Å². The molecule has 0 atom stereocenters. The number of benzene rings is 2. The van der Waals surface area contributed by atoms with Gasteiger partial charge in [0.2, 0.25) is 15.9 Å². The zero-order valence-corrected chi connectivity index (χ0v) is 18.4. The summed E-state index contributed by atoms with van der Waals surface area (Å²) in [6, 6.07) is 10.6. The number of nitro groups is 1. The number of amides is 1. The molecular formula is C20H23N5O6S. The highest BCUT2D eigenvalue weighted by Gasteiger charge is 2.28. The lowest BCUT2D eigenvalue weighted by Crippen LogP contribution is -2.40. The minimum atomic E-state index is -3.87. The third kappa shape index (κ3) is 5.46. The molecule has 1 saturated heterocycles. The second kappa shape index (κ2) is 9.85. The zero-order valence-electron chi connectivity index (χ0n) is 17.6. The van der Waals surface area contributed by atoms with E-state index in [1.165, 1.54) is 23.4 Å². The van der Waals surface area contributed by atoms with Crippen molar-refractivity contribution in [3.05, 3.63) is 58.1 Å². The molecule has 1 amide bonds. The summed E-state index contributed by atoms with van der Waals surface area (Å²) in [6.45, 7) is 4.03. The first kappa shape index (κ1) is 23.3. The number of hydrogen-bond acceptors (Lipinski definition) is 8. The molecule has 1 heterocycles. The van der Waals surface area contributed by atoms with Crippen LogP contribution >= 0.6 is 0 Å². The Hall–Kier alpha value is -3.35. The summed E-state index contributed by atoms with van der Waals surface area (Å²) in [4.78, 5) is 22.0. The molecule has 1 aliphatic heterocycles. The Balaban J connectivity index is 1.85. The molecule has 32 heavy (non-hydrogen) atoms. The highest BCUT2D eigenvalue weighted by atomic mass is 32.2. The van der Waals surface area contributed by atoms with Gasteiger partial charge in [-0.1, -0.05) is 12.1 Å². The molecule has 170 valence electrons. The summed E-state index contributed by atoms with van der Waals surface area (Å²) < 4.78 is 32.0. The molecule has 0 bridgehead atoms. The SMILES string of the molecule is CC(=O)Nc1cccc(/C(C)=N/Nc2ccc(S(=O)(=O)N3CCOCC3)cc2[N+](=O)[O-])c1. The van der Waals surface area contributed by atoms with E-state index in [2.05, 4.69) is 15.8 Å². The van der Waals surface area contributed by atoms with E-state index < -0.39 is 20.6 Å². The number of carbonyl (C=O) groups excluding carboxylic acids is 1. The largest absolute Gasteiger partial charge is 0.379 e. The van der Waals surface area contributed by atoms with E-state index in [1.54, 1.807) is 31.2 Å². The minimum absolute atomic E-state index is 0.0493. The van der Waals surface area contributed by atoms with Gasteiger partial charge in [-0.25, -0.2) is 8.42 Å². The predicted octanol–water partition coefficient (Wildman–Crippen LogP) is 2.41. The van der Waals surface area contributed by atoms with Gasteiger partial charge in [0.15, 0.2) is 0 Å². The van der Waals surface area contributed by atoms with Crippen molar-refractivity contribution in [2.75, 3.05) is 37.0 Å². The molecule has 12 heteroatoms. The Morgan fingerprint density at radius 3 is 2.53 bits per heavy atom. The van der Waals surface area contributed by atoms with Crippen molar-refractivity contribution in [1.82, 2.24) is 4.31 Å². The molecule has 11 nitrogen and oxygen atoms in total. The molecule has 2 aromatic carbocycles. The van der Waals surface area contributed by atoms with Crippen molar-refractivity contribution in [2.45, 2.75) is 18.7 Å². The lowest BCUT2D eigenvalue weighted by molar-refractivity contribution is -0.384. The van der Waals surface area contributed by atoms with Crippen LogP contribution in [0.25, 0.3) is 0 Å². The van der Waals surface area contributed by atoms with Gasteiger partial charge in [0, 0.05) is 31.8 Å². The molecule has 0 unspecified atom stereocenters. The monoisotopic (exact) mass is 461 g/mol. The predicted molar refractivity (Wildman–Crippen MR) is 119 cm³/mol. The summed E-state index contributed by atoms with van der Waals surface area (Å²) in [5, 5.41) is 18.4. The molecule has 0 aromatic heterocycles. The zero-order chi connectivity index (χ0) is 23.3. The Morgan fingerprint density at radius 2 is 1.88 bits per heavy atom. The molecule has 0 spiro atoms. The molecule has 2 N–H and O–H groups in total. The number of carbonyl (C=O) groups is 1. The van der Waals surface area contributed by atoms with Crippen molar-refractivity contribution < 1.29 is 22.9 Å². The number of hydrogen-bond donors (Lipinski definition) is 2. The molecule has 1 fully saturated rings.